The Morgan fingerprint density at radius 1 is 1.25 bits per heavy atom. The van der Waals surface area contributed by atoms with Crippen LogP contribution in [0, 0.1) is 5.92 Å². The van der Waals surface area contributed by atoms with Crippen molar-refractivity contribution in [3.63, 3.8) is 0 Å². The van der Waals surface area contributed by atoms with Crippen molar-refractivity contribution < 1.29 is 23.8 Å². The molecule has 2 saturated heterocycles. The third-order valence-corrected chi connectivity index (χ3v) is 5.45. The molecule has 2 unspecified atom stereocenters. The first-order valence-electron chi connectivity index (χ1n) is 9.94. The summed E-state index contributed by atoms with van der Waals surface area (Å²) in [6.07, 6.45) is 1.90. The molecule has 0 saturated carbocycles. The Balaban J connectivity index is 1.19. The fourth-order valence-corrected chi connectivity index (χ4v) is 3.89. The van der Waals surface area contributed by atoms with E-state index < -0.39 is 0 Å². The van der Waals surface area contributed by atoms with Gasteiger partial charge in [-0.2, -0.15) is 0 Å². The zero-order chi connectivity index (χ0) is 19.3. The molecule has 8 nitrogen and oxygen atoms in total. The summed E-state index contributed by atoms with van der Waals surface area (Å²) in [6.45, 7) is 3.99. The van der Waals surface area contributed by atoms with Crippen LogP contribution >= 0.6 is 0 Å². The molecule has 2 N–H and O–H groups in total. The van der Waals surface area contributed by atoms with Gasteiger partial charge in [0, 0.05) is 45.2 Å². The summed E-state index contributed by atoms with van der Waals surface area (Å²) in [5.74, 6) is 1.66. The second-order valence-corrected chi connectivity index (χ2v) is 7.49. The van der Waals surface area contributed by atoms with Crippen LogP contribution in [0.15, 0.2) is 18.2 Å². The lowest BCUT2D eigenvalue weighted by molar-refractivity contribution is -0.137. The van der Waals surface area contributed by atoms with Gasteiger partial charge >= 0.3 is 0 Å². The van der Waals surface area contributed by atoms with Crippen molar-refractivity contribution in [1.82, 2.24) is 15.5 Å². The number of carbonyl (C=O) groups is 2. The van der Waals surface area contributed by atoms with Gasteiger partial charge in [0.2, 0.25) is 18.6 Å². The second kappa shape index (κ2) is 8.79. The van der Waals surface area contributed by atoms with Gasteiger partial charge in [-0.25, -0.2) is 0 Å². The van der Waals surface area contributed by atoms with Crippen LogP contribution in [0.25, 0.3) is 0 Å². The van der Waals surface area contributed by atoms with Gasteiger partial charge in [0.25, 0.3) is 0 Å². The van der Waals surface area contributed by atoms with Crippen LogP contribution in [0.1, 0.15) is 18.4 Å². The predicted molar refractivity (Wildman–Crippen MR) is 101 cm³/mol. The fraction of sp³-hybridized carbons (Fsp3) is 0.600. The summed E-state index contributed by atoms with van der Waals surface area (Å²) in [4.78, 5) is 26.7. The summed E-state index contributed by atoms with van der Waals surface area (Å²) in [5.41, 5.74) is 1.09. The van der Waals surface area contributed by atoms with E-state index in [1.807, 2.05) is 23.1 Å². The Morgan fingerprint density at radius 3 is 3.00 bits per heavy atom. The molecular weight excluding hydrogens is 362 g/mol. The fourth-order valence-electron chi connectivity index (χ4n) is 3.89. The molecular formula is C20H27N3O5. The van der Waals surface area contributed by atoms with E-state index >= 15 is 0 Å². The number of rotatable bonds is 6. The monoisotopic (exact) mass is 389 g/mol. The molecule has 3 aliphatic rings. The lowest BCUT2D eigenvalue weighted by Crippen LogP contribution is -2.55. The number of piperazine rings is 1. The van der Waals surface area contributed by atoms with Gasteiger partial charge < -0.3 is 29.7 Å². The number of hydrogen-bond acceptors (Lipinski definition) is 6. The number of benzene rings is 1. The molecule has 3 aliphatic heterocycles. The molecule has 0 aromatic heterocycles. The van der Waals surface area contributed by atoms with Crippen molar-refractivity contribution in [3.8, 4) is 11.5 Å². The van der Waals surface area contributed by atoms with Crippen molar-refractivity contribution in [2.24, 2.45) is 5.92 Å². The second-order valence-electron chi connectivity index (χ2n) is 7.49. The van der Waals surface area contributed by atoms with Crippen molar-refractivity contribution in [1.29, 1.82) is 0 Å². The minimum absolute atomic E-state index is 0.00302. The standard InChI is InChI=1S/C20H27N3O5/c24-19(22-5-3-14-1-2-17-18(9-14)28-13-27-17)10-16-11-23(7-6-21-16)20(25)15-4-8-26-12-15/h1-2,9,15-16,21H,3-8,10-13H2,(H,22,24). The number of ether oxygens (including phenoxy) is 3. The molecule has 2 fully saturated rings. The van der Waals surface area contributed by atoms with Crippen LogP contribution in [0.2, 0.25) is 0 Å². The average molecular weight is 389 g/mol. The van der Waals surface area contributed by atoms with E-state index in [4.69, 9.17) is 14.2 Å². The van der Waals surface area contributed by atoms with Crippen LogP contribution in [-0.2, 0) is 20.7 Å². The van der Waals surface area contributed by atoms with Crippen molar-refractivity contribution in [2.45, 2.75) is 25.3 Å². The van der Waals surface area contributed by atoms with Crippen LogP contribution in [-0.4, -0.2) is 68.9 Å². The Labute approximate surface area is 164 Å². The molecule has 4 rings (SSSR count). The van der Waals surface area contributed by atoms with Gasteiger partial charge in [0.15, 0.2) is 11.5 Å². The summed E-state index contributed by atoms with van der Waals surface area (Å²) in [7, 11) is 0. The SMILES string of the molecule is O=C(CC1CN(C(=O)C2CCOC2)CCN1)NCCc1ccc2c(c1)OCO2. The molecule has 8 heteroatoms. The van der Waals surface area contributed by atoms with E-state index in [9.17, 15) is 9.59 Å². The molecule has 3 heterocycles. The molecule has 0 radical (unpaired) electrons. The summed E-state index contributed by atoms with van der Waals surface area (Å²) in [5, 5.41) is 6.32. The zero-order valence-corrected chi connectivity index (χ0v) is 15.9. The van der Waals surface area contributed by atoms with Crippen molar-refractivity contribution >= 4 is 11.8 Å². The highest BCUT2D eigenvalue weighted by Gasteiger charge is 2.31. The Bertz CT molecular complexity index is 720. The smallest absolute Gasteiger partial charge is 0.231 e. The van der Waals surface area contributed by atoms with E-state index in [2.05, 4.69) is 10.6 Å². The molecule has 2 amide bonds. The molecule has 28 heavy (non-hydrogen) atoms. The van der Waals surface area contributed by atoms with E-state index in [0.29, 0.717) is 45.8 Å². The maximum absolute atomic E-state index is 12.5. The lowest BCUT2D eigenvalue weighted by Gasteiger charge is -2.34. The Hall–Kier alpha value is -2.32. The first-order valence-corrected chi connectivity index (χ1v) is 9.94. The number of nitrogens with one attached hydrogen (secondary N) is 2. The molecule has 0 spiro atoms. The number of amides is 2. The largest absolute Gasteiger partial charge is 0.454 e. The summed E-state index contributed by atoms with van der Waals surface area (Å²) >= 11 is 0. The van der Waals surface area contributed by atoms with E-state index in [1.165, 1.54) is 0 Å². The normalized spacial score (nSPS) is 23.6. The predicted octanol–water partition coefficient (Wildman–Crippen LogP) is 0.301. The van der Waals surface area contributed by atoms with E-state index in [-0.39, 0.29) is 30.6 Å². The van der Waals surface area contributed by atoms with E-state index in [1.54, 1.807) is 0 Å². The van der Waals surface area contributed by atoms with Gasteiger partial charge in [0.05, 0.1) is 12.5 Å². The summed E-state index contributed by atoms with van der Waals surface area (Å²) < 4.78 is 16.0. The van der Waals surface area contributed by atoms with Crippen molar-refractivity contribution in [3.05, 3.63) is 23.8 Å². The minimum atomic E-state index is -0.0192. The van der Waals surface area contributed by atoms with Crippen LogP contribution in [0.5, 0.6) is 11.5 Å². The topological polar surface area (TPSA) is 89.1 Å². The zero-order valence-electron chi connectivity index (χ0n) is 15.9. The number of hydrogen-bond donors (Lipinski definition) is 2. The first kappa shape index (κ1) is 19.0. The van der Waals surface area contributed by atoms with Crippen LogP contribution in [0.4, 0.5) is 0 Å². The number of fused-ring (bicyclic) bond motifs is 1. The highest BCUT2D eigenvalue weighted by atomic mass is 16.7. The maximum Gasteiger partial charge on any atom is 0.231 e. The molecule has 0 aliphatic carbocycles. The Kier molecular flexibility index (Phi) is 5.97. The average Bonchev–Trinajstić information content (AvgIpc) is 3.39. The number of nitrogens with zero attached hydrogens (tertiary/aromatic N) is 1. The molecule has 1 aromatic rings. The van der Waals surface area contributed by atoms with Crippen LogP contribution < -0.4 is 20.1 Å². The molecule has 1 aromatic carbocycles. The molecule has 0 bridgehead atoms. The third kappa shape index (κ3) is 4.56. The Morgan fingerprint density at radius 2 is 2.14 bits per heavy atom. The maximum atomic E-state index is 12.5. The van der Waals surface area contributed by atoms with Crippen LogP contribution in [0.3, 0.4) is 0 Å². The lowest BCUT2D eigenvalue weighted by atomic mass is 10.0. The number of carbonyl (C=O) groups excluding carboxylic acids is 2. The van der Waals surface area contributed by atoms with Gasteiger partial charge in [-0.05, 0) is 30.5 Å². The third-order valence-electron chi connectivity index (χ3n) is 5.45. The summed E-state index contributed by atoms with van der Waals surface area (Å²) in [6, 6.07) is 5.82. The van der Waals surface area contributed by atoms with Gasteiger partial charge in [-0.3, -0.25) is 9.59 Å². The van der Waals surface area contributed by atoms with Gasteiger partial charge in [-0.1, -0.05) is 6.07 Å². The highest BCUT2D eigenvalue weighted by molar-refractivity contribution is 5.80. The highest BCUT2D eigenvalue weighted by Crippen LogP contribution is 2.32. The van der Waals surface area contributed by atoms with Gasteiger partial charge in [0.1, 0.15) is 0 Å². The quantitative estimate of drug-likeness (QED) is 0.728. The van der Waals surface area contributed by atoms with Crippen molar-refractivity contribution in [2.75, 3.05) is 46.2 Å². The first-order chi connectivity index (χ1) is 13.7. The molecule has 2 atom stereocenters. The molecule has 152 valence electrons. The minimum Gasteiger partial charge on any atom is -0.454 e. The van der Waals surface area contributed by atoms with E-state index in [0.717, 1.165) is 29.9 Å². The van der Waals surface area contributed by atoms with Gasteiger partial charge in [-0.15, -0.1) is 0 Å².